The van der Waals surface area contributed by atoms with Crippen molar-refractivity contribution in [3.63, 3.8) is 0 Å². The van der Waals surface area contributed by atoms with E-state index < -0.39 is 6.61 Å². The van der Waals surface area contributed by atoms with Gasteiger partial charge in [-0.2, -0.15) is 8.78 Å². The Hall–Kier alpha value is -1.65. The molecule has 9 heteroatoms. The number of benzene rings is 1. The second-order valence-electron chi connectivity index (χ2n) is 7.66. The van der Waals surface area contributed by atoms with E-state index in [-0.39, 0.29) is 47.6 Å². The molecule has 0 aromatic heterocycles. The third-order valence-corrected chi connectivity index (χ3v) is 5.65. The molecule has 1 heterocycles. The van der Waals surface area contributed by atoms with Crippen LogP contribution in [0.2, 0.25) is 0 Å². The van der Waals surface area contributed by atoms with Crippen LogP contribution >= 0.6 is 24.0 Å². The minimum Gasteiger partial charge on any atom is -0.434 e. The molecule has 3 rings (SSSR count). The molecule has 1 amide bonds. The molecule has 6 nitrogen and oxygen atoms in total. The SMILES string of the molecule is CN=C(NCc1ccccc1OC(F)F)NC1CCN(C(=O)C2CCCCC2)C1.I. The number of amides is 1. The second kappa shape index (κ2) is 12.3. The Morgan fingerprint density at radius 3 is 2.67 bits per heavy atom. The fourth-order valence-corrected chi connectivity index (χ4v) is 4.11. The number of rotatable bonds is 6. The van der Waals surface area contributed by atoms with Crippen LogP contribution in [0.4, 0.5) is 8.78 Å². The summed E-state index contributed by atoms with van der Waals surface area (Å²) in [7, 11) is 1.66. The summed E-state index contributed by atoms with van der Waals surface area (Å²) in [6.07, 6.45) is 6.43. The lowest BCUT2D eigenvalue weighted by Gasteiger charge is -2.26. The summed E-state index contributed by atoms with van der Waals surface area (Å²) in [5, 5.41) is 6.48. The molecule has 1 atom stereocenters. The van der Waals surface area contributed by atoms with Gasteiger partial charge in [0, 0.05) is 44.2 Å². The highest BCUT2D eigenvalue weighted by atomic mass is 127. The summed E-state index contributed by atoms with van der Waals surface area (Å²) >= 11 is 0. The van der Waals surface area contributed by atoms with Crippen molar-refractivity contribution >= 4 is 35.8 Å². The van der Waals surface area contributed by atoms with Gasteiger partial charge in [0.05, 0.1) is 0 Å². The highest BCUT2D eigenvalue weighted by molar-refractivity contribution is 14.0. The highest BCUT2D eigenvalue weighted by Gasteiger charge is 2.31. The Balaban J connectivity index is 0.00000320. The molecule has 2 aliphatic rings. The van der Waals surface area contributed by atoms with Gasteiger partial charge in [0.15, 0.2) is 5.96 Å². The molecule has 2 fully saturated rings. The summed E-state index contributed by atoms with van der Waals surface area (Å²) in [6.45, 7) is -1.13. The Bertz CT molecular complexity index is 714. The van der Waals surface area contributed by atoms with Crippen molar-refractivity contribution < 1.29 is 18.3 Å². The van der Waals surface area contributed by atoms with E-state index in [1.807, 2.05) is 4.90 Å². The molecule has 30 heavy (non-hydrogen) atoms. The van der Waals surface area contributed by atoms with Crippen molar-refractivity contribution in [2.45, 2.75) is 57.7 Å². The molecule has 2 N–H and O–H groups in total. The monoisotopic (exact) mass is 536 g/mol. The average molecular weight is 536 g/mol. The third kappa shape index (κ3) is 6.95. The Morgan fingerprint density at radius 2 is 1.97 bits per heavy atom. The van der Waals surface area contributed by atoms with E-state index in [4.69, 9.17) is 0 Å². The van der Waals surface area contributed by atoms with Crippen molar-refractivity contribution in [3.05, 3.63) is 29.8 Å². The fraction of sp³-hybridized carbons (Fsp3) is 0.619. The number of likely N-dealkylation sites (tertiary alicyclic amines) is 1. The summed E-state index contributed by atoms with van der Waals surface area (Å²) < 4.78 is 29.7. The van der Waals surface area contributed by atoms with E-state index in [0.29, 0.717) is 24.6 Å². The van der Waals surface area contributed by atoms with E-state index in [1.165, 1.54) is 12.5 Å². The van der Waals surface area contributed by atoms with Crippen LogP contribution in [0.3, 0.4) is 0 Å². The highest BCUT2D eigenvalue weighted by Crippen LogP contribution is 2.27. The summed E-state index contributed by atoms with van der Waals surface area (Å²) in [5.41, 5.74) is 0.622. The number of hydrogen-bond acceptors (Lipinski definition) is 3. The molecule has 1 saturated carbocycles. The molecule has 1 aromatic rings. The maximum Gasteiger partial charge on any atom is 0.387 e. The zero-order valence-electron chi connectivity index (χ0n) is 17.3. The van der Waals surface area contributed by atoms with Gasteiger partial charge in [-0.05, 0) is 25.3 Å². The lowest BCUT2D eigenvalue weighted by molar-refractivity contribution is -0.135. The van der Waals surface area contributed by atoms with Crippen LogP contribution < -0.4 is 15.4 Å². The van der Waals surface area contributed by atoms with Crippen LogP contribution in [-0.4, -0.2) is 49.6 Å². The van der Waals surface area contributed by atoms with Crippen molar-refractivity contribution in [3.8, 4) is 5.75 Å². The van der Waals surface area contributed by atoms with Crippen LogP contribution in [0.15, 0.2) is 29.3 Å². The number of alkyl halides is 2. The molecule has 0 bridgehead atoms. The topological polar surface area (TPSA) is 66.0 Å². The van der Waals surface area contributed by atoms with Crippen molar-refractivity contribution in [2.24, 2.45) is 10.9 Å². The quantitative estimate of drug-likeness (QED) is 0.330. The average Bonchev–Trinajstić information content (AvgIpc) is 3.20. The van der Waals surface area contributed by atoms with Crippen LogP contribution in [-0.2, 0) is 11.3 Å². The first-order chi connectivity index (χ1) is 14.1. The number of ether oxygens (including phenoxy) is 1. The molecule has 0 spiro atoms. The maximum atomic E-state index is 12.7. The lowest BCUT2D eigenvalue weighted by atomic mass is 9.88. The summed E-state index contributed by atoms with van der Waals surface area (Å²) in [5.74, 6) is 1.20. The number of carbonyl (C=O) groups is 1. The molecule has 1 unspecified atom stereocenters. The predicted octanol–water partition coefficient (Wildman–Crippen LogP) is 3.75. The van der Waals surface area contributed by atoms with Gasteiger partial charge >= 0.3 is 6.61 Å². The standard InChI is InChI=1S/C21H30F2N4O2.HI/c1-24-21(25-13-16-9-5-6-10-18(16)29-20(22)23)26-17-11-12-27(14-17)19(28)15-7-3-2-4-8-15;/h5-6,9-10,15,17,20H,2-4,7-8,11-14H2,1H3,(H2,24,25,26);1H. The van der Waals surface area contributed by atoms with E-state index in [2.05, 4.69) is 20.4 Å². The first-order valence-corrected chi connectivity index (χ1v) is 10.4. The minimum atomic E-state index is -2.86. The van der Waals surface area contributed by atoms with Crippen LogP contribution in [0, 0.1) is 5.92 Å². The second-order valence-corrected chi connectivity index (χ2v) is 7.66. The van der Waals surface area contributed by atoms with Gasteiger partial charge in [0.1, 0.15) is 5.75 Å². The zero-order chi connectivity index (χ0) is 20.6. The van der Waals surface area contributed by atoms with Gasteiger partial charge in [-0.3, -0.25) is 9.79 Å². The normalized spacial score (nSPS) is 20.1. The molecule has 1 aromatic carbocycles. The fourth-order valence-electron chi connectivity index (χ4n) is 4.11. The van der Waals surface area contributed by atoms with E-state index >= 15 is 0 Å². The number of nitrogens with one attached hydrogen (secondary N) is 2. The number of carbonyl (C=O) groups excluding carboxylic acids is 1. The van der Waals surface area contributed by atoms with E-state index in [9.17, 15) is 13.6 Å². The van der Waals surface area contributed by atoms with Gasteiger partial charge in [-0.15, -0.1) is 24.0 Å². The Morgan fingerprint density at radius 1 is 1.23 bits per heavy atom. The number of halogens is 3. The molecule has 1 aliphatic heterocycles. The molecule has 1 saturated heterocycles. The Labute approximate surface area is 193 Å². The molecule has 168 valence electrons. The molecule has 0 radical (unpaired) electrons. The summed E-state index contributed by atoms with van der Waals surface area (Å²) in [4.78, 5) is 18.9. The summed E-state index contributed by atoms with van der Waals surface area (Å²) in [6, 6.07) is 6.81. The maximum absolute atomic E-state index is 12.7. The zero-order valence-corrected chi connectivity index (χ0v) is 19.6. The molecular formula is C21H31F2IN4O2. The Kier molecular flexibility index (Phi) is 10.1. The van der Waals surface area contributed by atoms with E-state index in [0.717, 1.165) is 38.6 Å². The van der Waals surface area contributed by atoms with Crippen molar-refractivity contribution in [1.82, 2.24) is 15.5 Å². The number of guanidine groups is 1. The largest absolute Gasteiger partial charge is 0.434 e. The van der Waals surface area contributed by atoms with Gasteiger partial charge < -0.3 is 20.3 Å². The predicted molar refractivity (Wildman–Crippen MR) is 123 cm³/mol. The van der Waals surface area contributed by atoms with Crippen LogP contribution in [0.25, 0.3) is 0 Å². The molecular weight excluding hydrogens is 505 g/mol. The van der Waals surface area contributed by atoms with Gasteiger partial charge in [-0.1, -0.05) is 37.5 Å². The van der Waals surface area contributed by atoms with Gasteiger partial charge in [0.25, 0.3) is 0 Å². The minimum absolute atomic E-state index is 0. The lowest BCUT2D eigenvalue weighted by Crippen LogP contribution is -2.45. The third-order valence-electron chi connectivity index (χ3n) is 5.65. The first-order valence-electron chi connectivity index (χ1n) is 10.4. The van der Waals surface area contributed by atoms with E-state index in [1.54, 1.807) is 25.2 Å². The molecule has 1 aliphatic carbocycles. The van der Waals surface area contributed by atoms with Crippen molar-refractivity contribution in [1.29, 1.82) is 0 Å². The van der Waals surface area contributed by atoms with Crippen LogP contribution in [0.5, 0.6) is 5.75 Å². The smallest absolute Gasteiger partial charge is 0.387 e. The number of aliphatic imine (C=N–C) groups is 1. The first kappa shape index (κ1) is 24.6. The number of para-hydroxylation sites is 1. The van der Waals surface area contributed by atoms with Crippen LogP contribution in [0.1, 0.15) is 44.1 Å². The van der Waals surface area contributed by atoms with Gasteiger partial charge in [0.2, 0.25) is 5.91 Å². The number of hydrogen-bond donors (Lipinski definition) is 2. The van der Waals surface area contributed by atoms with Crippen molar-refractivity contribution in [2.75, 3.05) is 20.1 Å². The van der Waals surface area contributed by atoms with Gasteiger partial charge in [-0.25, -0.2) is 0 Å². The number of nitrogens with zero attached hydrogens (tertiary/aromatic N) is 2.